The first-order chi connectivity index (χ1) is 8.17. The van der Waals surface area contributed by atoms with Crippen LogP contribution in [0.3, 0.4) is 0 Å². The van der Waals surface area contributed by atoms with Crippen LogP contribution in [0.15, 0.2) is 16.3 Å². The average molecular weight is 257 g/mol. The summed E-state index contributed by atoms with van der Waals surface area (Å²) < 4.78 is 9.61. The number of esters is 1. The number of nitrogens with zero attached hydrogens (tertiary/aromatic N) is 1. The molecule has 0 aromatic heterocycles. The van der Waals surface area contributed by atoms with Gasteiger partial charge in [-0.25, -0.2) is 9.59 Å². The van der Waals surface area contributed by atoms with Crippen LogP contribution in [0.1, 0.15) is 34.6 Å². The number of ether oxygens (including phenoxy) is 2. The van der Waals surface area contributed by atoms with Crippen molar-refractivity contribution in [2.75, 3.05) is 6.61 Å². The molecule has 0 bridgehead atoms. The Bertz CT molecular complexity index is 372. The summed E-state index contributed by atoms with van der Waals surface area (Å²) in [6, 6.07) is 0. The van der Waals surface area contributed by atoms with Crippen molar-refractivity contribution in [1.82, 2.24) is 0 Å². The normalized spacial score (nSPS) is 13.2. The third kappa shape index (κ3) is 6.67. The zero-order valence-electron chi connectivity index (χ0n) is 11.3. The molecule has 6 nitrogen and oxygen atoms in total. The van der Waals surface area contributed by atoms with Crippen molar-refractivity contribution in [3.8, 4) is 0 Å². The van der Waals surface area contributed by atoms with Gasteiger partial charge in [0.25, 0.3) is 0 Å². The van der Waals surface area contributed by atoms with E-state index in [9.17, 15) is 14.7 Å². The molecule has 102 valence electrons. The highest BCUT2D eigenvalue weighted by atomic mass is 16.6. The molecule has 0 aliphatic rings. The molecule has 0 saturated heterocycles. The molecule has 0 atom stereocenters. The monoisotopic (exact) mass is 257 g/mol. The van der Waals surface area contributed by atoms with E-state index in [1.54, 1.807) is 27.7 Å². The maximum absolute atomic E-state index is 11.4. The fraction of sp³-hybridized carbons (Fsp3) is 0.583. The predicted molar refractivity (Wildman–Crippen MR) is 66.7 cm³/mol. The van der Waals surface area contributed by atoms with Crippen LogP contribution in [0.4, 0.5) is 4.79 Å². The molecule has 0 saturated carbocycles. The Hall–Kier alpha value is -1.85. The molecule has 0 heterocycles. The van der Waals surface area contributed by atoms with Crippen LogP contribution in [0.5, 0.6) is 0 Å². The Morgan fingerprint density at radius 3 is 2.28 bits per heavy atom. The lowest BCUT2D eigenvalue weighted by molar-refractivity contribution is -0.138. The summed E-state index contributed by atoms with van der Waals surface area (Å²) in [7, 11) is 0. The van der Waals surface area contributed by atoms with Crippen molar-refractivity contribution in [2.24, 2.45) is 4.99 Å². The second kappa shape index (κ2) is 6.78. The van der Waals surface area contributed by atoms with Gasteiger partial charge in [0.15, 0.2) is 0 Å². The Balaban J connectivity index is 4.78. The van der Waals surface area contributed by atoms with E-state index in [0.29, 0.717) is 0 Å². The van der Waals surface area contributed by atoms with Gasteiger partial charge in [-0.15, -0.1) is 0 Å². The van der Waals surface area contributed by atoms with Crippen molar-refractivity contribution in [2.45, 2.75) is 40.2 Å². The summed E-state index contributed by atoms with van der Waals surface area (Å²) in [4.78, 5) is 26.1. The zero-order valence-corrected chi connectivity index (χ0v) is 11.3. The van der Waals surface area contributed by atoms with Gasteiger partial charge in [-0.05, 0) is 34.6 Å². The Morgan fingerprint density at radius 2 is 1.89 bits per heavy atom. The van der Waals surface area contributed by atoms with E-state index in [2.05, 4.69) is 4.99 Å². The lowest BCUT2D eigenvalue weighted by Gasteiger charge is -2.17. The van der Waals surface area contributed by atoms with Crippen LogP contribution < -0.4 is 0 Å². The summed E-state index contributed by atoms with van der Waals surface area (Å²) in [5.74, 6) is -1.02. The molecular formula is C12H19NO5. The molecule has 0 fully saturated rings. The largest absolute Gasteiger partial charge is 0.512 e. The first kappa shape index (κ1) is 16.1. The highest BCUT2D eigenvalue weighted by Gasteiger charge is 2.17. The minimum absolute atomic E-state index is 0.163. The molecule has 1 amide bonds. The number of amides is 1. The lowest BCUT2D eigenvalue weighted by atomic mass is 10.2. The maximum Gasteiger partial charge on any atom is 0.434 e. The van der Waals surface area contributed by atoms with Gasteiger partial charge in [-0.1, -0.05) is 0 Å². The summed E-state index contributed by atoms with van der Waals surface area (Å²) in [5, 5.41) is 9.29. The first-order valence-corrected chi connectivity index (χ1v) is 5.51. The number of aliphatic imine (C=N–C) groups is 1. The molecule has 0 aliphatic carbocycles. The topological polar surface area (TPSA) is 85.2 Å². The fourth-order valence-electron chi connectivity index (χ4n) is 0.908. The number of aliphatic hydroxyl groups is 1. The van der Waals surface area contributed by atoms with E-state index in [4.69, 9.17) is 9.47 Å². The third-order valence-corrected chi connectivity index (χ3v) is 1.58. The first-order valence-electron chi connectivity index (χ1n) is 5.51. The molecule has 6 heteroatoms. The van der Waals surface area contributed by atoms with Gasteiger partial charge in [-0.3, -0.25) is 0 Å². The molecule has 0 spiro atoms. The van der Waals surface area contributed by atoms with E-state index >= 15 is 0 Å². The second-order valence-electron chi connectivity index (χ2n) is 4.46. The molecule has 0 aliphatic heterocycles. The van der Waals surface area contributed by atoms with E-state index < -0.39 is 17.7 Å². The molecule has 18 heavy (non-hydrogen) atoms. The third-order valence-electron chi connectivity index (χ3n) is 1.58. The standard InChI is InChI=1S/C12H19NO5/c1-6-17-10(15)9(8(2)14)7-13-11(16)18-12(3,4)5/h7,14H,6H2,1-5H3. The number of allylic oxidation sites excluding steroid dienone is 1. The molecule has 0 aromatic carbocycles. The van der Waals surface area contributed by atoms with Gasteiger partial charge in [0, 0.05) is 0 Å². The van der Waals surface area contributed by atoms with Crippen LogP contribution in [0.2, 0.25) is 0 Å². The van der Waals surface area contributed by atoms with Crippen molar-refractivity contribution in [1.29, 1.82) is 0 Å². The smallest absolute Gasteiger partial charge is 0.434 e. The molecule has 0 unspecified atom stereocenters. The van der Waals surface area contributed by atoms with Crippen molar-refractivity contribution in [3.63, 3.8) is 0 Å². The van der Waals surface area contributed by atoms with E-state index in [1.165, 1.54) is 6.92 Å². The van der Waals surface area contributed by atoms with E-state index in [-0.39, 0.29) is 17.9 Å². The number of hydrogen-bond donors (Lipinski definition) is 1. The minimum Gasteiger partial charge on any atom is -0.512 e. The highest BCUT2D eigenvalue weighted by molar-refractivity contribution is 6.11. The van der Waals surface area contributed by atoms with Gasteiger partial charge in [0.1, 0.15) is 16.9 Å². The zero-order chi connectivity index (χ0) is 14.3. The number of aliphatic hydroxyl groups excluding tert-OH is 1. The van der Waals surface area contributed by atoms with E-state index in [0.717, 1.165) is 6.21 Å². The van der Waals surface area contributed by atoms with Gasteiger partial charge in [0.2, 0.25) is 0 Å². The number of hydrogen-bond acceptors (Lipinski definition) is 5. The van der Waals surface area contributed by atoms with Crippen molar-refractivity contribution in [3.05, 3.63) is 11.3 Å². The number of rotatable bonds is 3. The van der Waals surface area contributed by atoms with Crippen LogP contribution in [0.25, 0.3) is 0 Å². The van der Waals surface area contributed by atoms with Crippen molar-refractivity contribution >= 4 is 18.3 Å². The molecular weight excluding hydrogens is 238 g/mol. The molecule has 0 radical (unpaired) electrons. The quantitative estimate of drug-likeness (QED) is 0.363. The Kier molecular flexibility index (Phi) is 6.08. The summed E-state index contributed by atoms with van der Waals surface area (Å²) in [6.45, 7) is 8.18. The van der Waals surface area contributed by atoms with Crippen LogP contribution in [-0.2, 0) is 14.3 Å². The van der Waals surface area contributed by atoms with Crippen LogP contribution in [-0.4, -0.2) is 35.6 Å². The van der Waals surface area contributed by atoms with Crippen LogP contribution in [0, 0.1) is 0 Å². The molecule has 1 N–H and O–H groups in total. The van der Waals surface area contributed by atoms with Crippen molar-refractivity contribution < 1.29 is 24.2 Å². The van der Waals surface area contributed by atoms with E-state index in [1.807, 2.05) is 0 Å². The van der Waals surface area contributed by atoms with Gasteiger partial charge in [0.05, 0.1) is 12.8 Å². The Labute approximate surface area is 106 Å². The van der Waals surface area contributed by atoms with Gasteiger partial charge in [-0.2, -0.15) is 4.99 Å². The molecule has 0 rings (SSSR count). The van der Waals surface area contributed by atoms with Gasteiger partial charge < -0.3 is 14.6 Å². The maximum atomic E-state index is 11.4. The number of carbonyl (C=O) groups is 2. The molecule has 0 aromatic rings. The SMILES string of the molecule is CCOC(=O)C(C=NC(=O)OC(C)(C)C)=C(C)O. The summed E-state index contributed by atoms with van der Waals surface area (Å²) in [5.41, 5.74) is -0.848. The summed E-state index contributed by atoms with van der Waals surface area (Å²) in [6.07, 6.45) is 0.0899. The predicted octanol–water partition coefficient (Wildman–Crippen LogP) is 2.39. The second-order valence-corrected chi connectivity index (χ2v) is 4.46. The van der Waals surface area contributed by atoms with Crippen LogP contribution >= 0.6 is 0 Å². The number of carbonyl (C=O) groups excluding carboxylic acids is 2. The van der Waals surface area contributed by atoms with Gasteiger partial charge >= 0.3 is 12.1 Å². The fourth-order valence-corrected chi connectivity index (χ4v) is 0.908. The minimum atomic E-state index is -0.842. The Morgan fingerprint density at radius 1 is 1.33 bits per heavy atom. The summed E-state index contributed by atoms with van der Waals surface area (Å²) >= 11 is 0. The average Bonchev–Trinajstić information content (AvgIpc) is 2.14. The highest BCUT2D eigenvalue weighted by Crippen LogP contribution is 2.08. The lowest BCUT2D eigenvalue weighted by Crippen LogP contribution is -2.22.